The van der Waals surface area contributed by atoms with Crippen molar-refractivity contribution in [1.29, 1.82) is 0 Å². The van der Waals surface area contributed by atoms with Crippen LogP contribution in [0.2, 0.25) is 15.1 Å². The van der Waals surface area contributed by atoms with E-state index in [9.17, 15) is 9.59 Å². The number of hydrogen-bond donors (Lipinski definition) is 0. The molecule has 1 spiro atoms. The van der Waals surface area contributed by atoms with Crippen molar-refractivity contribution < 1.29 is 14.3 Å². The van der Waals surface area contributed by atoms with Crippen LogP contribution < -0.4 is 0 Å². The van der Waals surface area contributed by atoms with Crippen LogP contribution >= 0.6 is 34.8 Å². The van der Waals surface area contributed by atoms with Gasteiger partial charge in [-0.3, -0.25) is 9.69 Å². The first-order valence-corrected chi connectivity index (χ1v) is 11.1. The molecular formula is C23H21Cl3N2O3. The maximum absolute atomic E-state index is 12.5. The van der Waals surface area contributed by atoms with Gasteiger partial charge in [-0.15, -0.1) is 0 Å². The normalized spacial score (nSPS) is 18.1. The molecule has 2 aliphatic rings. The van der Waals surface area contributed by atoms with Crippen LogP contribution in [-0.2, 0) is 16.1 Å². The van der Waals surface area contributed by atoms with Crippen molar-refractivity contribution in [2.75, 3.05) is 19.6 Å². The Kier molecular flexibility index (Phi) is 6.47. The van der Waals surface area contributed by atoms with Gasteiger partial charge in [0, 0.05) is 43.6 Å². The zero-order valence-electron chi connectivity index (χ0n) is 16.7. The van der Waals surface area contributed by atoms with Crippen molar-refractivity contribution in [1.82, 2.24) is 9.80 Å². The van der Waals surface area contributed by atoms with Gasteiger partial charge in [-0.05, 0) is 41.5 Å². The molecule has 2 aromatic rings. The second-order valence-electron chi connectivity index (χ2n) is 7.87. The number of ether oxygens (including phenoxy) is 1. The molecule has 0 radical (unpaired) electrons. The molecule has 5 nitrogen and oxygen atoms in total. The van der Waals surface area contributed by atoms with Crippen molar-refractivity contribution in [3.8, 4) is 0 Å². The molecule has 2 aromatic carbocycles. The molecule has 0 N–H and O–H groups in total. The Labute approximate surface area is 196 Å². The molecule has 31 heavy (non-hydrogen) atoms. The summed E-state index contributed by atoms with van der Waals surface area (Å²) < 4.78 is 5.76. The van der Waals surface area contributed by atoms with Crippen LogP contribution in [0.1, 0.15) is 24.0 Å². The Morgan fingerprint density at radius 2 is 1.74 bits per heavy atom. The number of halogens is 3. The summed E-state index contributed by atoms with van der Waals surface area (Å²) >= 11 is 17.9. The lowest BCUT2D eigenvalue weighted by Gasteiger charge is -2.37. The van der Waals surface area contributed by atoms with E-state index in [0.29, 0.717) is 54.1 Å². The standard InChI is InChI=1S/C23H21Cl3N2O3/c24-18-5-1-16(2-6-18)4-8-21(29)27-11-9-23(10-12-27)15-28(22(30)31-23)14-17-3-7-19(25)20(26)13-17/h1-8,13H,9-12,14-15H2/b8-4+. The highest BCUT2D eigenvalue weighted by Crippen LogP contribution is 2.34. The van der Waals surface area contributed by atoms with E-state index in [1.807, 2.05) is 18.2 Å². The summed E-state index contributed by atoms with van der Waals surface area (Å²) in [5, 5.41) is 1.59. The molecule has 0 atom stereocenters. The van der Waals surface area contributed by atoms with E-state index >= 15 is 0 Å². The molecule has 0 aromatic heterocycles. The largest absolute Gasteiger partial charge is 0.441 e. The van der Waals surface area contributed by atoms with Crippen LogP contribution in [0, 0.1) is 0 Å². The molecule has 0 aliphatic carbocycles. The van der Waals surface area contributed by atoms with Gasteiger partial charge in [0.2, 0.25) is 5.91 Å². The second kappa shape index (κ2) is 9.11. The number of amides is 2. The third-order valence-corrected chi connectivity index (χ3v) is 6.66. The quantitative estimate of drug-likeness (QED) is 0.531. The van der Waals surface area contributed by atoms with Crippen LogP contribution in [0.15, 0.2) is 48.5 Å². The molecule has 4 rings (SSSR count). The average Bonchev–Trinajstić information content (AvgIpc) is 3.05. The number of benzene rings is 2. The minimum Gasteiger partial charge on any atom is -0.441 e. The van der Waals surface area contributed by atoms with Gasteiger partial charge in [-0.2, -0.15) is 0 Å². The van der Waals surface area contributed by atoms with E-state index < -0.39 is 5.60 Å². The highest BCUT2D eigenvalue weighted by Gasteiger charge is 2.47. The number of carbonyl (C=O) groups excluding carboxylic acids is 2. The second-order valence-corrected chi connectivity index (χ2v) is 9.12. The van der Waals surface area contributed by atoms with E-state index in [0.717, 1.165) is 11.1 Å². The van der Waals surface area contributed by atoms with Crippen LogP contribution in [-0.4, -0.2) is 47.0 Å². The van der Waals surface area contributed by atoms with Gasteiger partial charge < -0.3 is 9.64 Å². The zero-order valence-corrected chi connectivity index (χ0v) is 19.0. The van der Waals surface area contributed by atoms with E-state index in [4.69, 9.17) is 39.5 Å². The Hall–Kier alpha value is -2.21. The molecule has 0 saturated carbocycles. The average molecular weight is 480 g/mol. The summed E-state index contributed by atoms with van der Waals surface area (Å²) in [6.45, 7) is 1.98. The molecule has 2 saturated heterocycles. The van der Waals surface area contributed by atoms with E-state index in [1.165, 1.54) is 0 Å². The Bertz CT molecular complexity index is 1020. The summed E-state index contributed by atoms with van der Waals surface area (Å²) in [5.41, 5.74) is 1.25. The maximum Gasteiger partial charge on any atom is 0.410 e. The predicted molar refractivity (Wildman–Crippen MR) is 122 cm³/mol. The fraction of sp³-hybridized carbons (Fsp3) is 0.304. The van der Waals surface area contributed by atoms with Crippen LogP contribution in [0.3, 0.4) is 0 Å². The Balaban J connectivity index is 1.33. The molecule has 162 valence electrons. The summed E-state index contributed by atoms with van der Waals surface area (Å²) in [6.07, 6.45) is 4.22. The molecule has 2 amide bonds. The number of nitrogens with zero attached hydrogens (tertiary/aromatic N) is 2. The fourth-order valence-electron chi connectivity index (χ4n) is 3.91. The lowest BCUT2D eigenvalue weighted by Crippen LogP contribution is -2.48. The third-order valence-electron chi connectivity index (χ3n) is 5.67. The molecule has 2 aliphatic heterocycles. The number of piperidine rings is 1. The summed E-state index contributed by atoms with van der Waals surface area (Å²) in [6, 6.07) is 12.6. The minimum atomic E-state index is -0.552. The van der Waals surface area contributed by atoms with Gasteiger partial charge in [-0.25, -0.2) is 4.79 Å². The maximum atomic E-state index is 12.5. The fourth-order valence-corrected chi connectivity index (χ4v) is 4.36. The van der Waals surface area contributed by atoms with E-state index in [-0.39, 0.29) is 12.0 Å². The van der Waals surface area contributed by atoms with Gasteiger partial charge in [0.1, 0.15) is 5.60 Å². The Morgan fingerprint density at radius 1 is 1.03 bits per heavy atom. The van der Waals surface area contributed by atoms with E-state index in [2.05, 4.69) is 0 Å². The van der Waals surface area contributed by atoms with Gasteiger partial charge in [0.15, 0.2) is 0 Å². The first-order valence-electron chi connectivity index (χ1n) is 9.98. The van der Waals surface area contributed by atoms with E-state index in [1.54, 1.807) is 46.2 Å². The van der Waals surface area contributed by atoms with Crippen LogP contribution in [0.5, 0.6) is 0 Å². The number of hydrogen-bond acceptors (Lipinski definition) is 3. The predicted octanol–water partition coefficient (Wildman–Crippen LogP) is 5.67. The van der Waals surface area contributed by atoms with Gasteiger partial charge in [-0.1, -0.05) is 53.0 Å². The molecule has 0 bridgehead atoms. The molecule has 0 unspecified atom stereocenters. The van der Waals surface area contributed by atoms with Crippen molar-refractivity contribution in [3.63, 3.8) is 0 Å². The molecule has 8 heteroatoms. The Morgan fingerprint density at radius 3 is 2.42 bits per heavy atom. The van der Waals surface area contributed by atoms with Crippen molar-refractivity contribution in [2.24, 2.45) is 0 Å². The van der Waals surface area contributed by atoms with Gasteiger partial charge >= 0.3 is 6.09 Å². The van der Waals surface area contributed by atoms with Crippen LogP contribution in [0.25, 0.3) is 6.08 Å². The molecule has 2 fully saturated rings. The lowest BCUT2D eigenvalue weighted by molar-refractivity contribution is -0.129. The number of carbonyl (C=O) groups is 2. The smallest absolute Gasteiger partial charge is 0.410 e. The highest BCUT2D eigenvalue weighted by atomic mass is 35.5. The SMILES string of the molecule is O=C(/C=C/c1ccc(Cl)cc1)N1CCC2(CC1)CN(Cc1ccc(Cl)c(Cl)c1)C(=O)O2. The van der Waals surface area contributed by atoms with Crippen molar-refractivity contribution in [2.45, 2.75) is 25.0 Å². The summed E-state index contributed by atoms with van der Waals surface area (Å²) in [7, 11) is 0. The third kappa shape index (κ3) is 5.17. The lowest BCUT2D eigenvalue weighted by atomic mass is 9.91. The molecular weight excluding hydrogens is 459 g/mol. The highest BCUT2D eigenvalue weighted by molar-refractivity contribution is 6.42. The zero-order chi connectivity index (χ0) is 22.0. The molecule has 2 heterocycles. The summed E-state index contributed by atoms with van der Waals surface area (Å²) in [4.78, 5) is 28.5. The monoisotopic (exact) mass is 478 g/mol. The number of likely N-dealkylation sites (tertiary alicyclic amines) is 1. The minimum absolute atomic E-state index is 0.0539. The first-order chi connectivity index (χ1) is 14.8. The summed E-state index contributed by atoms with van der Waals surface area (Å²) in [5.74, 6) is -0.0539. The van der Waals surface area contributed by atoms with Crippen molar-refractivity contribution in [3.05, 3.63) is 74.7 Å². The first kappa shape index (κ1) is 22.0. The van der Waals surface area contributed by atoms with Gasteiger partial charge in [0.05, 0.1) is 16.6 Å². The number of rotatable bonds is 4. The van der Waals surface area contributed by atoms with Gasteiger partial charge in [0.25, 0.3) is 0 Å². The van der Waals surface area contributed by atoms with Crippen LogP contribution in [0.4, 0.5) is 4.79 Å². The topological polar surface area (TPSA) is 49.9 Å². The van der Waals surface area contributed by atoms with Crippen molar-refractivity contribution >= 4 is 52.9 Å².